The van der Waals surface area contributed by atoms with E-state index in [1.54, 1.807) is 16.9 Å². The van der Waals surface area contributed by atoms with Gasteiger partial charge in [-0.2, -0.15) is 5.10 Å². The van der Waals surface area contributed by atoms with Gasteiger partial charge in [0.05, 0.1) is 6.20 Å². The van der Waals surface area contributed by atoms with Gasteiger partial charge in [0, 0.05) is 60.8 Å². The van der Waals surface area contributed by atoms with E-state index in [0.717, 1.165) is 41.6 Å². The summed E-state index contributed by atoms with van der Waals surface area (Å²) in [6, 6.07) is 13.4. The quantitative estimate of drug-likeness (QED) is 0.398. The lowest BCUT2D eigenvalue weighted by atomic mass is 10.0. The summed E-state index contributed by atoms with van der Waals surface area (Å²) in [5.74, 6) is 0.487. The molecule has 3 amide bonds. The number of para-hydroxylation sites is 1. The van der Waals surface area contributed by atoms with Crippen molar-refractivity contribution in [3.05, 3.63) is 71.3 Å². The normalized spacial score (nSPS) is 16.1. The number of aromatic nitrogens is 4. The third-order valence-corrected chi connectivity index (χ3v) is 7.57. The molecule has 2 aromatic heterocycles. The Labute approximate surface area is 230 Å². The number of nitrogens with one attached hydrogen (secondary N) is 1. The van der Waals surface area contributed by atoms with E-state index < -0.39 is 0 Å². The van der Waals surface area contributed by atoms with Crippen molar-refractivity contribution in [2.45, 2.75) is 31.7 Å². The van der Waals surface area contributed by atoms with Crippen molar-refractivity contribution in [3.63, 3.8) is 0 Å². The van der Waals surface area contributed by atoms with Gasteiger partial charge < -0.3 is 19.5 Å². The van der Waals surface area contributed by atoms with Crippen LogP contribution in [0.4, 0.5) is 10.5 Å². The van der Waals surface area contributed by atoms with Crippen molar-refractivity contribution in [2.24, 2.45) is 7.05 Å². The maximum Gasteiger partial charge on any atom is 0.322 e. The molecule has 2 aliphatic rings. The molecule has 4 aromatic rings. The second kappa shape index (κ2) is 10.5. The van der Waals surface area contributed by atoms with Crippen molar-refractivity contribution in [1.82, 2.24) is 29.8 Å². The van der Waals surface area contributed by atoms with Crippen LogP contribution in [0.5, 0.6) is 0 Å². The number of anilines is 1. The highest BCUT2D eigenvalue weighted by molar-refractivity contribution is 6.31. The Bertz CT molecular complexity index is 1520. The van der Waals surface area contributed by atoms with Crippen LogP contribution in [-0.2, 0) is 24.7 Å². The fraction of sp³-hybridized carbons (Fsp3) is 0.321. The van der Waals surface area contributed by atoms with Gasteiger partial charge in [-0.25, -0.2) is 4.79 Å². The van der Waals surface area contributed by atoms with Crippen LogP contribution in [0.25, 0.3) is 22.6 Å². The zero-order chi connectivity index (χ0) is 26.9. The molecule has 200 valence electrons. The van der Waals surface area contributed by atoms with Crippen molar-refractivity contribution >= 4 is 29.2 Å². The molecule has 39 heavy (non-hydrogen) atoms. The maximum absolute atomic E-state index is 13.0. The Kier molecular flexibility index (Phi) is 6.78. The van der Waals surface area contributed by atoms with Gasteiger partial charge in [-0.3, -0.25) is 9.48 Å². The molecule has 0 saturated carbocycles. The van der Waals surface area contributed by atoms with Gasteiger partial charge in [0.15, 0.2) is 0 Å². The highest BCUT2D eigenvalue weighted by atomic mass is 35.5. The summed E-state index contributed by atoms with van der Waals surface area (Å²) >= 11 is 6.35. The predicted octanol–water partition coefficient (Wildman–Crippen LogP) is 4.41. The number of aryl methyl sites for hydroxylation is 1. The number of nitrogens with zero attached hydrogens (tertiary/aromatic N) is 6. The molecule has 10 nitrogen and oxygen atoms in total. The zero-order valence-electron chi connectivity index (χ0n) is 21.5. The first-order chi connectivity index (χ1) is 18.9. The lowest BCUT2D eigenvalue weighted by molar-refractivity contribution is -0.132. The first kappa shape index (κ1) is 25.1. The molecule has 0 atom stereocenters. The van der Waals surface area contributed by atoms with Gasteiger partial charge in [0.25, 0.3) is 0 Å². The third kappa shape index (κ3) is 5.37. The van der Waals surface area contributed by atoms with Crippen LogP contribution in [0.3, 0.4) is 0 Å². The number of halogens is 1. The minimum Gasteiger partial charge on any atom is -0.420 e. The Morgan fingerprint density at radius 1 is 1.08 bits per heavy atom. The van der Waals surface area contributed by atoms with E-state index in [1.165, 1.54) is 0 Å². The van der Waals surface area contributed by atoms with E-state index in [2.05, 4.69) is 26.7 Å². The summed E-state index contributed by atoms with van der Waals surface area (Å²) in [5.41, 5.74) is 4.49. The number of likely N-dealkylation sites (tertiary alicyclic amines) is 1. The fourth-order valence-electron chi connectivity index (χ4n) is 5.30. The monoisotopic (exact) mass is 545 g/mol. The van der Waals surface area contributed by atoms with Crippen LogP contribution in [0, 0.1) is 0 Å². The summed E-state index contributed by atoms with van der Waals surface area (Å²) in [5, 5.41) is 16.0. The van der Waals surface area contributed by atoms with Crippen molar-refractivity contribution in [2.75, 3.05) is 25.0 Å². The summed E-state index contributed by atoms with van der Waals surface area (Å²) < 4.78 is 7.57. The van der Waals surface area contributed by atoms with Crippen LogP contribution in [-0.4, -0.2) is 67.4 Å². The number of hydrogen-bond donors (Lipinski definition) is 1. The number of hydrogen-bond acceptors (Lipinski definition) is 6. The van der Waals surface area contributed by atoms with E-state index in [1.807, 2.05) is 53.4 Å². The largest absolute Gasteiger partial charge is 0.420 e. The molecule has 1 N–H and O–H groups in total. The number of fused-ring (bicyclic) bond motifs is 1. The molecule has 11 heteroatoms. The van der Waals surface area contributed by atoms with Gasteiger partial charge in [0.1, 0.15) is 6.42 Å². The molecule has 6 rings (SSSR count). The standard InChI is InChI=1S/C28H28ClN7O3/c1-34-17-21(16-30-34)19-12-20(14-22(29)13-19)27-33-32-25(39-27)15-26(37)35-9-7-23(8-10-35)36-11-6-18-4-2-3-5-24(18)31-28(36)38/h2-5,12-14,16-17,23H,6-11,15H2,1H3,(H,31,38). The molecule has 2 aromatic carbocycles. The lowest BCUT2D eigenvalue weighted by Gasteiger charge is -2.37. The molecule has 4 heterocycles. The smallest absolute Gasteiger partial charge is 0.322 e. The summed E-state index contributed by atoms with van der Waals surface area (Å²) in [6.07, 6.45) is 5.94. The topological polar surface area (TPSA) is 109 Å². The van der Waals surface area contributed by atoms with Gasteiger partial charge in [0.2, 0.25) is 17.7 Å². The highest BCUT2D eigenvalue weighted by Crippen LogP contribution is 2.30. The number of carbonyl (C=O) groups is 2. The Morgan fingerprint density at radius 2 is 1.87 bits per heavy atom. The molecule has 1 saturated heterocycles. The van der Waals surface area contributed by atoms with Crippen LogP contribution in [0.15, 0.2) is 59.3 Å². The van der Waals surface area contributed by atoms with Gasteiger partial charge in [-0.15, -0.1) is 10.2 Å². The SMILES string of the molecule is Cn1cc(-c2cc(Cl)cc(-c3nnc(CC(=O)N4CCC(N5CCc6ccccc6NC5=O)CC4)o3)c2)cn1. The molecule has 2 aliphatic heterocycles. The summed E-state index contributed by atoms with van der Waals surface area (Å²) in [4.78, 5) is 29.6. The van der Waals surface area contributed by atoms with Crippen LogP contribution >= 0.6 is 11.6 Å². The third-order valence-electron chi connectivity index (χ3n) is 7.35. The second-order valence-corrected chi connectivity index (χ2v) is 10.4. The first-order valence-electron chi connectivity index (χ1n) is 13.0. The number of rotatable bonds is 5. The molecule has 0 radical (unpaired) electrons. The Hall–Kier alpha value is -4.18. The second-order valence-electron chi connectivity index (χ2n) is 9.95. The molecule has 1 fully saturated rings. The van der Waals surface area contributed by atoms with Gasteiger partial charge in [-0.05, 0) is 54.7 Å². The highest BCUT2D eigenvalue weighted by Gasteiger charge is 2.31. The zero-order valence-corrected chi connectivity index (χ0v) is 22.3. The van der Waals surface area contributed by atoms with Crippen LogP contribution in [0.1, 0.15) is 24.3 Å². The number of urea groups is 1. The van der Waals surface area contributed by atoms with Gasteiger partial charge in [-0.1, -0.05) is 29.8 Å². The maximum atomic E-state index is 13.0. The molecular weight excluding hydrogens is 518 g/mol. The van der Waals surface area contributed by atoms with Crippen molar-refractivity contribution in [1.29, 1.82) is 0 Å². The Balaban J connectivity index is 1.07. The molecule has 0 aliphatic carbocycles. The molecule has 0 unspecified atom stereocenters. The number of benzene rings is 2. The van der Waals surface area contributed by atoms with E-state index in [9.17, 15) is 9.59 Å². The number of carbonyl (C=O) groups excluding carboxylic acids is 2. The predicted molar refractivity (Wildman–Crippen MR) is 146 cm³/mol. The van der Waals surface area contributed by atoms with E-state index >= 15 is 0 Å². The molecular formula is C28H28ClN7O3. The van der Waals surface area contributed by atoms with Crippen LogP contribution < -0.4 is 5.32 Å². The van der Waals surface area contributed by atoms with Gasteiger partial charge >= 0.3 is 6.03 Å². The molecule has 0 spiro atoms. The summed E-state index contributed by atoms with van der Waals surface area (Å²) in [6.45, 7) is 1.81. The van der Waals surface area contributed by atoms with E-state index in [4.69, 9.17) is 16.0 Å². The number of piperidine rings is 1. The first-order valence-corrected chi connectivity index (χ1v) is 13.4. The minimum atomic E-state index is -0.0733. The van der Waals surface area contributed by atoms with Crippen LogP contribution in [0.2, 0.25) is 5.02 Å². The number of amides is 3. The van der Waals surface area contributed by atoms with Crippen molar-refractivity contribution in [3.8, 4) is 22.6 Å². The molecule has 0 bridgehead atoms. The fourth-order valence-corrected chi connectivity index (χ4v) is 5.53. The average Bonchev–Trinajstić information content (AvgIpc) is 3.55. The van der Waals surface area contributed by atoms with E-state index in [0.29, 0.717) is 36.1 Å². The minimum absolute atomic E-state index is 0.0210. The average molecular weight is 546 g/mol. The lowest BCUT2D eigenvalue weighted by Crippen LogP contribution is -2.50. The Morgan fingerprint density at radius 3 is 2.67 bits per heavy atom. The van der Waals surface area contributed by atoms with Crippen molar-refractivity contribution < 1.29 is 14.0 Å². The van der Waals surface area contributed by atoms with E-state index in [-0.39, 0.29) is 30.3 Å². The summed E-state index contributed by atoms with van der Waals surface area (Å²) in [7, 11) is 1.85.